The van der Waals surface area contributed by atoms with E-state index in [0.717, 1.165) is 11.5 Å². The van der Waals surface area contributed by atoms with Gasteiger partial charge in [-0.3, -0.25) is 0 Å². The lowest BCUT2D eigenvalue weighted by Crippen LogP contribution is -2.05. The lowest BCUT2D eigenvalue weighted by molar-refractivity contribution is -0.133. The van der Waals surface area contributed by atoms with Crippen molar-refractivity contribution in [1.82, 2.24) is 9.36 Å². The van der Waals surface area contributed by atoms with Gasteiger partial charge in [0.15, 0.2) is 5.82 Å². The maximum Gasteiger partial charge on any atom is 0.341 e. The van der Waals surface area contributed by atoms with Crippen LogP contribution < -0.4 is 4.74 Å². The van der Waals surface area contributed by atoms with Gasteiger partial charge in [0.2, 0.25) is 0 Å². The first-order valence-corrected chi connectivity index (χ1v) is 8.96. The summed E-state index contributed by atoms with van der Waals surface area (Å²) in [5, 5.41) is 0.872. The van der Waals surface area contributed by atoms with E-state index in [1.54, 1.807) is 30.3 Å². The van der Waals surface area contributed by atoms with Crippen LogP contribution in [0.15, 0.2) is 54.8 Å². The van der Waals surface area contributed by atoms with Crippen molar-refractivity contribution in [2.45, 2.75) is 0 Å². The number of halogens is 1. The smallest absolute Gasteiger partial charge is 0.341 e. The van der Waals surface area contributed by atoms with Crippen molar-refractivity contribution in [1.29, 1.82) is 0 Å². The molecule has 0 radical (unpaired) electrons. The van der Waals surface area contributed by atoms with Gasteiger partial charge in [0, 0.05) is 22.7 Å². The van der Waals surface area contributed by atoms with Crippen LogP contribution in [0.25, 0.3) is 17.0 Å². The first-order valence-electron chi connectivity index (χ1n) is 7.81. The molecule has 27 heavy (non-hydrogen) atoms. The van der Waals surface area contributed by atoms with Gasteiger partial charge >= 0.3 is 5.97 Å². The zero-order chi connectivity index (χ0) is 19.2. The van der Waals surface area contributed by atoms with Crippen LogP contribution in [0.4, 0.5) is 0 Å². The highest BCUT2D eigenvalue weighted by molar-refractivity contribution is 7.07. The van der Waals surface area contributed by atoms with Crippen molar-refractivity contribution in [3.8, 4) is 22.3 Å². The fourth-order valence-corrected chi connectivity index (χ4v) is 3.10. The molecule has 8 heteroatoms. The molecule has 0 aliphatic carbocycles. The quantitative estimate of drug-likeness (QED) is 0.334. The Hall–Kier alpha value is -2.90. The molecule has 1 heterocycles. The Bertz CT molecular complexity index is 987. The van der Waals surface area contributed by atoms with Gasteiger partial charge in [-0.1, -0.05) is 41.9 Å². The molecule has 0 aliphatic rings. The maximum atomic E-state index is 12.1. The Labute approximate surface area is 165 Å². The van der Waals surface area contributed by atoms with Crippen LogP contribution in [0, 0.1) is 0 Å². The number of hydrogen-bond acceptors (Lipinski definition) is 7. The van der Waals surface area contributed by atoms with E-state index in [4.69, 9.17) is 25.8 Å². The molecule has 6 nitrogen and oxygen atoms in total. The average molecular weight is 403 g/mol. The topological polar surface area (TPSA) is 70.5 Å². The molecule has 1 aromatic heterocycles. The molecular weight excluding hydrogens is 388 g/mol. The van der Waals surface area contributed by atoms with Crippen LogP contribution in [-0.4, -0.2) is 29.5 Å². The van der Waals surface area contributed by atoms with Crippen molar-refractivity contribution in [2.24, 2.45) is 0 Å². The molecule has 3 aromatic rings. The monoisotopic (exact) mass is 402 g/mol. The van der Waals surface area contributed by atoms with Crippen LogP contribution >= 0.6 is 23.1 Å². The zero-order valence-corrected chi connectivity index (χ0v) is 16.1. The highest BCUT2D eigenvalue weighted by Crippen LogP contribution is 2.34. The van der Waals surface area contributed by atoms with Crippen LogP contribution in [0.5, 0.6) is 10.9 Å². The SMILES string of the molecule is CO/C=C(/C(=O)OC)c1ccccc1Oc1nc(-c2ccccc2Cl)ns1. The van der Waals surface area contributed by atoms with Crippen molar-refractivity contribution >= 4 is 34.7 Å². The van der Waals surface area contributed by atoms with Gasteiger partial charge in [-0.05, 0) is 18.2 Å². The van der Waals surface area contributed by atoms with E-state index in [1.807, 2.05) is 18.2 Å². The highest BCUT2D eigenvalue weighted by Gasteiger charge is 2.19. The second-order valence-electron chi connectivity index (χ2n) is 5.22. The van der Waals surface area contributed by atoms with Crippen molar-refractivity contribution in [3.05, 3.63) is 65.4 Å². The second kappa shape index (κ2) is 8.66. The molecule has 0 saturated carbocycles. The summed E-state index contributed by atoms with van der Waals surface area (Å²) in [5.41, 5.74) is 1.46. The average Bonchev–Trinajstić information content (AvgIpc) is 3.15. The number of carbonyl (C=O) groups is 1. The van der Waals surface area contributed by atoms with Crippen LogP contribution in [0.1, 0.15) is 5.56 Å². The molecular formula is C19H15ClN2O4S. The summed E-state index contributed by atoms with van der Waals surface area (Å²) in [6, 6.07) is 14.3. The van der Waals surface area contributed by atoms with Gasteiger partial charge in [-0.2, -0.15) is 9.36 Å². The molecule has 0 aliphatic heterocycles. The fraction of sp³-hybridized carbons (Fsp3) is 0.105. The van der Waals surface area contributed by atoms with Crippen LogP contribution in [0.2, 0.25) is 5.02 Å². The summed E-state index contributed by atoms with van der Waals surface area (Å²) in [5.74, 6) is 0.355. The number of hydrogen-bond donors (Lipinski definition) is 0. The minimum absolute atomic E-state index is 0.228. The van der Waals surface area contributed by atoms with E-state index in [1.165, 1.54) is 20.5 Å². The standard InChI is InChI=1S/C19H15ClN2O4S/c1-24-11-14(18(23)25-2)12-7-4-6-10-16(12)26-19-21-17(22-27-19)13-8-3-5-9-15(13)20/h3-11H,1-2H3/b14-11+. The summed E-state index contributed by atoms with van der Waals surface area (Å²) in [6.45, 7) is 0. The molecule has 0 spiro atoms. The van der Waals surface area contributed by atoms with Gasteiger partial charge in [0.1, 0.15) is 11.3 Å². The Morgan fingerprint density at radius 3 is 2.59 bits per heavy atom. The summed E-state index contributed by atoms with van der Waals surface area (Å²) < 4.78 is 20.0. The van der Waals surface area contributed by atoms with E-state index >= 15 is 0 Å². The van der Waals surface area contributed by atoms with Gasteiger partial charge in [-0.15, -0.1) is 0 Å². The van der Waals surface area contributed by atoms with E-state index in [9.17, 15) is 4.79 Å². The predicted octanol–water partition coefficient (Wildman–Crippen LogP) is 4.81. The third-order valence-corrected chi connectivity index (χ3v) is 4.46. The number of aromatic nitrogens is 2. The fourth-order valence-electron chi connectivity index (χ4n) is 2.32. The Morgan fingerprint density at radius 2 is 1.85 bits per heavy atom. The van der Waals surface area contributed by atoms with E-state index < -0.39 is 5.97 Å². The van der Waals surface area contributed by atoms with Gasteiger partial charge in [0.25, 0.3) is 5.19 Å². The number of nitrogens with zero attached hydrogens (tertiary/aromatic N) is 2. The predicted molar refractivity (Wildman–Crippen MR) is 104 cm³/mol. The number of ether oxygens (including phenoxy) is 3. The third kappa shape index (κ3) is 4.27. The van der Waals surface area contributed by atoms with Crippen LogP contribution in [0.3, 0.4) is 0 Å². The minimum Gasteiger partial charge on any atom is -0.503 e. The van der Waals surface area contributed by atoms with Gasteiger partial charge < -0.3 is 14.2 Å². The molecule has 0 fully saturated rings. The second-order valence-corrected chi connectivity index (χ2v) is 6.34. The zero-order valence-electron chi connectivity index (χ0n) is 14.5. The minimum atomic E-state index is -0.540. The number of benzene rings is 2. The maximum absolute atomic E-state index is 12.1. The molecule has 0 N–H and O–H groups in total. The van der Waals surface area contributed by atoms with Crippen LogP contribution in [-0.2, 0) is 14.3 Å². The van der Waals surface area contributed by atoms with Gasteiger partial charge in [-0.25, -0.2) is 4.79 Å². The van der Waals surface area contributed by atoms with Gasteiger partial charge in [0.05, 0.1) is 25.5 Å². The normalized spacial score (nSPS) is 11.1. The first-order chi connectivity index (χ1) is 13.1. The summed E-state index contributed by atoms with van der Waals surface area (Å²) >= 11 is 7.28. The summed E-state index contributed by atoms with van der Waals surface area (Å²) in [7, 11) is 2.75. The summed E-state index contributed by atoms with van der Waals surface area (Å²) in [6.07, 6.45) is 1.31. The number of esters is 1. The molecule has 0 amide bonds. The lowest BCUT2D eigenvalue weighted by atomic mass is 10.1. The number of methoxy groups -OCH3 is 2. The van der Waals surface area contributed by atoms with E-state index in [-0.39, 0.29) is 5.57 Å². The Morgan fingerprint density at radius 1 is 1.11 bits per heavy atom. The Balaban J connectivity index is 1.93. The molecule has 3 rings (SSSR count). The van der Waals surface area contributed by atoms with E-state index in [2.05, 4.69) is 9.36 Å². The first kappa shape index (κ1) is 18.9. The van der Waals surface area contributed by atoms with Crippen molar-refractivity contribution in [3.63, 3.8) is 0 Å². The molecule has 138 valence electrons. The number of rotatable bonds is 6. The number of para-hydroxylation sites is 1. The molecule has 0 saturated heterocycles. The Kier molecular flexibility index (Phi) is 6.05. The largest absolute Gasteiger partial charge is 0.503 e. The highest BCUT2D eigenvalue weighted by atomic mass is 35.5. The lowest BCUT2D eigenvalue weighted by Gasteiger charge is -2.10. The number of carbonyl (C=O) groups excluding carboxylic acids is 1. The molecule has 2 aromatic carbocycles. The third-order valence-electron chi connectivity index (χ3n) is 3.54. The van der Waals surface area contributed by atoms with Crippen molar-refractivity contribution < 1.29 is 19.0 Å². The van der Waals surface area contributed by atoms with E-state index in [0.29, 0.717) is 32.9 Å². The molecule has 0 unspecified atom stereocenters. The van der Waals surface area contributed by atoms with Crippen molar-refractivity contribution in [2.75, 3.05) is 14.2 Å². The molecule has 0 atom stereocenters. The summed E-state index contributed by atoms with van der Waals surface area (Å²) in [4.78, 5) is 16.4. The molecule has 0 bridgehead atoms.